The van der Waals surface area contributed by atoms with Crippen molar-refractivity contribution in [1.82, 2.24) is 4.67 Å². The molecule has 0 aliphatic carbocycles. The third-order valence-electron chi connectivity index (χ3n) is 2.56. The fourth-order valence-electron chi connectivity index (χ4n) is 1.56. The molecule has 118 valence electrons. The van der Waals surface area contributed by atoms with E-state index in [0.29, 0.717) is 13.1 Å². The average molecular weight is 376 g/mol. The number of hydrogen-bond acceptors (Lipinski definition) is 4. The topological polar surface area (TPSA) is 72.7 Å². The maximum Gasteiger partial charge on any atom is 0.333 e. The van der Waals surface area contributed by atoms with Crippen molar-refractivity contribution in [3.63, 3.8) is 0 Å². The molecule has 1 atom stereocenters. The first-order chi connectivity index (χ1) is 9.96. The van der Waals surface area contributed by atoms with Gasteiger partial charge >= 0.3 is 7.52 Å². The van der Waals surface area contributed by atoms with Crippen LogP contribution in [-0.2, 0) is 4.57 Å². The minimum Gasteiger partial charge on any atom is -0.432 e. The highest BCUT2D eigenvalue weighted by Gasteiger charge is 2.31. The van der Waals surface area contributed by atoms with Crippen molar-refractivity contribution in [3.8, 4) is 5.75 Å². The van der Waals surface area contributed by atoms with Crippen LogP contribution in [0.2, 0.25) is 0 Å². The zero-order chi connectivity index (χ0) is 15.9. The van der Waals surface area contributed by atoms with E-state index in [2.05, 4.69) is 0 Å². The minimum absolute atomic E-state index is 0.0820. The molecule has 1 aromatic carbocycles. The van der Waals surface area contributed by atoms with Crippen LogP contribution in [0.1, 0.15) is 0 Å². The maximum atomic E-state index is 12.8. The predicted octanol–water partition coefficient (Wildman–Crippen LogP) is 4.14. The maximum absolute atomic E-state index is 12.8. The van der Waals surface area contributed by atoms with Crippen LogP contribution in [0.4, 0.5) is 5.69 Å². The smallest absolute Gasteiger partial charge is 0.333 e. The van der Waals surface area contributed by atoms with Gasteiger partial charge in [-0.25, -0.2) is 4.67 Å². The van der Waals surface area contributed by atoms with Crippen molar-refractivity contribution in [2.75, 3.05) is 30.5 Å². The van der Waals surface area contributed by atoms with Crippen LogP contribution in [0.3, 0.4) is 0 Å². The number of nitro benzene ring substituents is 1. The van der Waals surface area contributed by atoms with Gasteiger partial charge in [0, 0.05) is 37.0 Å². The first-order valence-corrected chi connectivity index (χ1v) is 9.30. The second-order valence-corrected chi connectivity index (χ2v) is 7.67. The normalized spacial score (nSPS) is 13.9. The second-order valence-electron chi connectivity index (χ2n) is 3.93. The summed E-state index contributed by atoms with van der Waals surface area (Å²) in [5.74, 6) is 0.738. The van der Waals surface area contributed by atoms with Crippen LogP contribution >= 0.6 is 42.3 Å². The Bertz CT molecular complexity index is 509. The summed E-state index contributed by atoms with van der Waals surface area (Å²) in [6, 6.07) is 5.27. The number of nitro groups is 1. The molecular formula is C11H14Cl3N2O4P. The summed E-state index contributed by atoms with van der Waals surface area (Å²) in [6.07, 6.45) is 0. The number of halogens is 3. The minimum atomic E-state index is -3.34. The molecule has 0 spiro atoms. The van der Waals surface area contributed by atoms with Crippen LogP contribution in [0.15, 0.2) is 24.3 Å². The van der Waals surface area contributed by atoms with Crippen LogP contribution < -0.4 is 4.52 Å². The van der Waals surface area contributed by atoms with E-state index in [1.165, 1.54) is 28.9 Å². The van der Waals surface area contributed by atoms with E-state index in [4.69, 9.17) is 39.3 Å². The Morgan fingerprint density at radius 3 is 2.05 bits per heavy atom. The molecule has 10 heteroatoms. The summed E-state index contributed by atoms with van der Waals surface area (Å²) in [7, 11) is -3.34. The number of non-ortho nitro benzene ring substituents is 1. The van der Waals surface area contributed by atoms with Gasteiger partial charge in [0.1, 0.15) is 11.4 Å². The Hall–Kier alpha value is -0.520. The molecule has 0 saturated heterocycles. The Kier molecular flexibility index (Phi) is 7.77. The Labute approximate surface area is 137 Å². The van der Waals surface area contributed by atoms with Crippen LogP contribution in [0.25, 0.3) is 0 Å². The molecule has 6 nitrogen and oxygen atoms in total. The van der Waals surface area contributed by atoms with Crippen LogP contribution in [-0.4, -0.2) is 40.1 Å². The van der Waals surface area contributed by atoms with Crippen molar-refractivity contribution in [2.45, 2.75) is 0 Å². The highest BCUT2D eigenvalue weighted by Crippen LogP contribution is 2.51. The molecular weight excluding hydrogens is 361 g/mol. The molecule has 0 fully saturated rings. The van der Waals surface area contributed by atoms with Crippen molar-refractivity contribution >= 4 is 48.0 Å². The Balaban J connectivity index is 2.92. The molecule has 21 heavy (non-hydrogen) atoms. The first-order valence-electron chi connectivity index (χ1n) is 5.93. The van der Waals surface area contributed by atoms with Gasteiger partial charge in [0.05, 0.1) is 4.92 Å². The first kappa shape index (κ1) is 18.5. The van der Waals surface area contributed by atoms with E-state index in [0.717, 1.165) is 0 Å². The molecule has 1 aromatic rings. The lowest BCUT2D eigenvalue weighted by Crippen LogP contribution is -2.27. The van der Waals surface area contributed by atoms with Gasteiger partial charge in [0.15, 0.2) is 0 Å². The highest BCUT2D eigenvalue weighted by molar-refractivity contribution is 7.58. The summed E-state index contributed by atoms with van der Waals surface area (Å²) in [4.78, 5) is 10.1. The number of benzene rings is 1. The quantitative estimate of drug-likeness (QED) is 0.281. The van der Waals surface area contributed by atoms with Crippen LogP contribution in [0.5, 0.6) is 5.75 Å². The highest BCUT2D eigenvalue weighted by atomic mass is 35.5. The fourth-order valence-corrected chi connectivity index (χ4v) is 4.38. The molecule has 0 aliphatic rings. The third kappa shape index (κ3) is 5.31. The van der Waals surface area contributed by atoms with E-state index < -0.39 is 12.4 Å². The molecule has 1 unspecified atom stereocenters. The van der Waals surface area contributed by atoms with Gasteiger partial charge in [-0.3, -0.25) is 14.7 Å². The second kappa shape index (κ2) is 8.81. The molecule has 0 amide bonds. The van der Waals surface area contributed by atoms with Gasteiger partial charge < -0.3 is 4.52 Å². The summed E-state index contributed by atoms with van der Waals surface area (Å²) < 4.78 is 19.7. The molecule has 0 saturated carbocycles. The van der Waals surface area contributed by atoms with E-state index in [1.54, 1.807) is 0 Å². The van der Waals surface area contributed by atoms with Gasteiger partial charge in [-0.1, -0.05) is 0 Å². The van der Waals surface area contributed by atoms with Gasteiger partial charge in [-0.15, -0.1) is 34.8 Å². The largest absolute Gasteiger partial charge is 0.432 e. The van der Waals surface area contributed by atoms with Crippen LogP contribution in [0, 0.1) is 10.1 Å². The van der Waals surface area contributed by atoms with E-state index in [9.17, 15) is 14.7 Å². The molecule has 0 bridgehead atoms. The molecule has 0 aromatic heterocycles. The van der Waals surface area contributed by atoms with Crippen molar-refractivity contribution in [1.29, 1.82) is 0 Å². The third-order valence-corrected chi connectivity index (χ3v) is 5.87. The molecule has 1 rings (SSSR count). The lowest BCUT2D eigenvalue weighted by atomic mass is 10.3. The number of nitrogens with zero attached hydrogens (tertiary/aromatic N) is 2. The lowest BCUT2D eigenvalue weighted by molar-refractivity contribution is -0.384. The number of alkyl halides is 3. The average Bonchev–Trinajstić information content (AvgIpc) is 2.47. The monoisotopic (exact) mass is 374 g/mol. The number of rotatable bonds is 9. The zero-order valence-electron chi connectivity index (χ0n) is 11.0. The van der Waals surface area contributed by atoms with Crippen molar-refractivity contribution in [3.05, 3.63) is 34.4 Å². The van der Waals surface area contributed by atoms with Crippen molar-refractivity contribution < 1.29 is 14.0 Å². The van der Waals surface area contributed by atoms with Gasteiger partial charge in [0.2, 0.25) is 0 Å². The van der Waals surface area contributed by atoms with Gasteiger partial charge in [0.25, 0.3) is 5.69 Å². The SMILES string of the molecule is O=[N+]([O-])c1ccc(OP(=O)(CCl)N(CCCl)CCCl)cc1. The summed E-state index contributed by atoms with van der Waals surface area (Å²) >= 11 is 17.1. The van der Waals surface area contributed by atoms with Gasteiger partial charge in [-0.05, 0) is 12.1 Å². The Morgan fingerprint density at radius 2 is 1.67 bits per heavy atom. The summed E-state index contributed by atoms with van der Waals surface area (Å²) in [5.41, 5.74) is -0.320. The number of hydrogen-bond donors (Lipinski definition) is 0. The zero-order valence-corrected chi connectivity index (χ0v) is 14.1. The Morgan fingerprint density at radius 1 is 1.14 bits per heavy atom. The van der Waals surface area contributed by atoms with E-state index >= 15 is 0 Å². The fraction of sp³-hybridized carbons (Fsp3) is 0.455. The molecule has 0 heterocycles. The summed E-state index contributed by atoms with van der Waals surface area (Å²) in [6.45, 7) is 0.622. The van der Waals surface area contributed by atoms with Gasteiger partial charge in [-0.2, -0.15) is 0 Å². The van der Waals surface area contributed by atoms with E-state index in [-0.39, 0.29) is 28.8 Å². The molecule has 0 radical (unpaired) electrons. The van der Waals surface area contributed by atoms with Crippen molar-refractivity contribution in [2.24, 2.45) is 0 Å². The molecule has 0 aliphatic heterocycles. The summed E-state index contributed by atoms with van der Waals surface area (Å²) in [5, 5.41) is 10.6. The molecule has 0 N–H and O–H groups in total. The van der Waals surface area contributed by atoms with E-state index in [1.807, 2.05) is 0 Å². The standard InChI is InChI=1S/C11H14Cl3N2O4P/c12-5-7-15(8-6-13)21(19,9-14)20-11-3-1-10(2-4-11)16(17)18/h1-4H,5-9H2. The predicted molar refractivity (Wildman–Crippen MR) is 85.1 cm³/mol. The lowest BCUT2D eigenvalue weighted by Gasteiger charge is -2.28.